The van der Waals surface area contributed by atoms with E-state index in [-0.39, 0.29) is 5.82 Å². The quantitative estimate of drug-likeness (QED) is 0.387. The number of ether oxygens (including phenoxy) is 1. The summed E-state index contributed by atoms with van der Waals surface area (Å²) in [5.74, 6) is 1.79. The van der Waals surface area contributed by atoms with Crippen LogP contribution in [0.2, 0.25) is 0 Å². The second-order valence-electron chi connectivity index (χ2n) is 6.53. The van der Waals surface area contributed by atoms with Crippen LogP contribution in [0, 0.1) is 12.7 Å². The highest BCUT2D eigenvalue weighted by molar-refractivity contribution is 7.98. The van der Waals surface area contributed by atoms with Gasteiger partial charge in [-0.1, -0.05) is 54.2 Å². The lowest BCUT2D eigenvalue weighted by Crippen LogP contribution is -2.01. The van der Waals surface area contributed by atoms with Gasteiger partial charge in [-0.3, -0.25) is 4.57 Å². The molecule has 3 aromatic carbocycles. The highest BCUT2D eigenvalue weighted by atomic mass is 32.2. The molecule has 146 valence electrons. The van der Waals surface area contributed by atoms with Gasteiger partial charge in [-0.25, -0.2) is 4.39 Å². The second kappa shape index (κ2) is 8.49. The van der Waals surface area contributed by atoms with Gasteiger partial charge in [0.25, 0.3) is 0 Å². The molecule has 0 spiro atoms. The Balaban J connectivity index is 1.76. The Morgan fingerprint density at radius 3 is 2.38 bits per heavy atom. The van der Waals surface area contributed by atoms with Crippen LogP contribution >= 0.6 is 11.8 Å². The maximum atomic E-state index is 14.1. The molecule has 6 heteroatoms. The fourth-order valence-electron chi connectivity index (χ4n) is 3.08. The molecule has 1 heterocycles. The third-order valence-electron chi connectivity index (χ3n) is 4.66. The number of nitrogens with zero attached hydrogens (tertiary/aromatic N) is 3. The van der Waals surface area contributed by atoms with Gasteiger partial charge in [0.1, 0.15) is 11.6 Å². The summed E-state index contributed by atoms with van der Waals surface area (Å²) in [6, 6.07) is 22.6. The third kappa shape index (κ3) is 4.03. The smallest absolute Gasteiger partial charge is 0.196 e. The molecule has 0 saturated carbocycles. The van der Waals surface area contributed by atoms with Crippen molar-refractivity contribution in [3.05, 3.63) is 89.7 Å². The zero-order chi connectivity index (χ0) is 20.2. The predicted molar refractivity (Wildman–Crippen MR) is 114 cm³/mol. The molecule has 0 aliphatic heterocycles. The number of hydrogen-bond donors (Lipinski definition) is 0. The molecule has 29 heavy (non-hydrogen) atoms. The first-order valence-corrected chi connectivity index (χ1v) is 10.2. The van der Waals surface area contributed by atoms with Crippen LogP contribution in [-0.2, 0) is 5.75 Å². The lowest BCUT2D eigenvalue weighted by Gasteiger charge is -2.12. The minimum absolute atomic E-state index is 0.213. The van der Waals surface area contributed by atoms with Crippen LogP contribution in [0.5, 0.6) is 5.75 Å². The molecule has 0 saturated heterocycles. The third-order valence-corrected chi connectivity index (χ3v) is 5.64. The normalized spacial score (nSPS) is 10.9. The van der Waals surface area contributed by atoms with Crippen LogP contribution < -0.4 is 4.74 Å². The van der Waals surface area contributed by atoms with E-state index < -0.39 is 0 Å². The lowest BCUT2D eigenvalue weighted by molar-refractivity contribution is 0.414. The first-order chi connectivity index (χ1) is 14.2. The fraction of sp³-hybridized carbons (Fsp3) is 0.130. The van der Waals surface area contributed by atoms with E-state index in [0.29, 0.717) is 16.5 Å². The van der Waals surface area contributed by atoms with Gasteiger partial charge in [0.05, 0.1) is 7.11 Å². The molecular formula is C23H20FN3OS. The molecular weight excluding hydrogens is 385 g/mol. The molecule has 0 radical (unpaired) electrons. The Hall–Kier alpha value is -3.12. The summed E-state index contributed by atoms with van der Waals surface area (Å²) in [5, 5.41) is 9.59. The summed E-state index contributed by atoms with van der Waals surface area (Å²) >= 11 is 1.46. The van der Waals surface area contributed by atoms with Crippen molar-refractivity contribution in [3.8, 4) is 22.8 Å². The SMILES string of the molecule is COc1ccc(-n2c(SCc3ccccc3F)nnc2-c2ccccc2C)cc1. The van der Waals surface area contributed by atoms with Crippen molar-refractivity contribution >= 4 is 11.8 Å². The van der Waals surface area contributed by atoms with E-state index in [1.165, 1.54) is 17.8 Å². The van der Waals surface area contributed by atoms with Gasteiger partial charge in [-0.05, 0) is 48.4 Å². The Labute approximate surface area is 173 Å². The minimum Gasteiger partial charge on any atom is -0.497 e. The van der Waals surface area contributed by atoms with E-state index in [0.717, 1.165) is 28.4 Å². The van der Waals surface area contributed by atoms with Crippen LogP contribution in [0.4, 0.5) is 4.39 Å². The van der Waals surface area contributed by atoms with Gasteiger partial charge in [0, 0.05) is 17.0 Å². The highest BCUT2D eigenvalue weighted by Crippen LogP contribution is 2.32. The monoisotopic (exact) mass is 405 g/mol. The summed E-state index contributed by atoms with van der Waals surface area (Å²) in [5.41, 5.74) is 3.68. The van der Waals surface area contributed by atoms with E-state index >= 15 is 0 Å². The largest absolute Gasteiger partial charge is 0.497 e. The van der Waals surface area contributed by atoms with Crippen molar-refractivity contribution < 1.29 is 9.13 Å². The van der Waals surface area contributed by atoms with Crippen molar-refractivity contribution in [1.82, 2.24) is 14.8 Å². The lowest BCUT2D eigenvalue weighted by atomic mass is 10.1. The molecule has 1 aromatic heterocycles. The van der Waals surface area contributed by atoms with Crippen molar-refractivity contribution in [3.63, 3.8) is 0 Å². The summed E-state index contributed by atoms with van der Waals surface area (Å²) in [6.07, 6.45) is 0. The van der Waals surface area contributed by atoms with E-state index in [1.54, 1.807) is 19.2 Å². The average molecular weight is 405 g/mol. The van der Waals surface area contributed by atoms with Crippen molar-refractivity contribution in [2.24, 2.45) is 0 Å². The van der Waals surface area contributed by atoms with Crippen LogP contribution in [0.15, 0.2) is 78.0 Å². The highest BCUT2D eigenvalue weighted by Gasteiger charge is 2.18. The molecule has 0 fully saturated rings. The van der Waals surface area contributed by atoms with Gasteiger partial charge in [-0.15, -0.1) is 10.2 Å². The van der Waals surface area contributed by atoms with Gasteiger partial charge in [0.15, 0.2) is 11.0 Å². The zero-order valence-corrected chi connectivity index (χ0v) is 17.0. The molecule has 0 aliphatic rings. The first-order valence-electron chi connectivity index (χ1n) is 9.19. The van der Waals surface area contributed by atoms with Crippen LogP contribution in [0.1, 0.15) is 11.1 Å². The number of halogens is 1. The fourth-order valence-corrected chi connectivity index (χ4v) is 4.02. The second-order valence-corrected chi connectivity index (χ2v) is 7.48. The summed E-state index contributed by atoms with van der Waals surface area (Å²) in [7, 11) is 1.64. The Morgan fingerprint density at radius 1 is 0.931 bits per heavy atom. The number of aryl methyl sites for hydroxylation is 1. The molecule has 0 aliphatic carbocycles. The predicted octanol–water partition coefficient (Wildman–Crippen LogP) is 5.68. The average Bonchev–Trinajstić information content (AvgIpc) is 3.17. The van der Waals surface area contributed by atoms with E-state index in [2.05, 4.69) is 23.2 Å². The summed E-state index contributed by atoms with van der Waals surface area (Å²) in [4.78, 5) is 0. The molecule has 4 nitrogen and oxygen atoms in total. The molecule has 4 aromatic rings. The number of thioether (sulfide) groups is 1. The summed E-state index contributed by atoms with van der Waals surface area (Å²) < 4.78 is 21.3. The number of rotatable bonds is 6. The number of benzene rings is 3. The van der Waals surface area contributed by atoms with Crippen molar-refractivity contribution in [2.75, 3.05) is 7.11 Å². The summed E-state index contributed by atoms with van der Waals surface area (Å²) in [6.45, 7) is 2.05. The Bertz CT molecular complexity index is 1130. The minimum atomic E-state index is -0.213. The maximum Gasteiger partial charge on any atom is 0.196 e. The number of aromatic nitrogens is 3. The van der Waals surface area contributed by atoms with Gasteiger partial charge < -0.3 is 4.74 Å². The molecule has 0 atom stereocenters. The topological polar surface area (TPSA) is 39.9 Å². The zero-order valence-electron chi connectivity index (χ0n) is 16.2. The van der Waals surface area contributed by atoms with E-state index in [9.17, 15) is 4.39 Å². The standard InChI is InChI=1S/C23H20FN3OS/c1-16-7-3-5-9-20(16)22-25-26-23(29-15-17-8-4-6-10-21(17)24)27(22)18-11-13-19(28-2)14-12-18/h3-14H,15H2,1-2H3. The molecule has 4 rings (SSSR count). The van der Waals surface area contributed by atoms with Gasteiger partial charge in [-0.2, -0.15) is 0 Å². The van der Waals surface area contributed by atoms with E-state index in [1.807, 2.05) is 53.1 Å². The van der Waals surface area contributed by atoms with Gasteiger partial charge >= 0.3 is 0 Å². The van der Waals surface area contributed by atoms with E-state index in [4.69, 9.17) is 4.74 Å². The van der Waals surface area contributed by atoms with Crippen LogP contribution in [-0.4, -0.2) is 21.9 Å². The molecule has 0 amide bonds. The van der Waals surface area contributed by atoms with Crippen molar-refractivity contribution in [1.29, 1.82) is 0 Å². The first kappa shape index (κ1) is 19.2. The Kier molecular flexibility index (Phi) is 5.62. The molecule has 0 unspecified atom stereocenters. The number of hydrogen-bond acceptors (Lipinski definition) is 4. The van der Waals surface area contributed by atoms with Crippen LogP contribution in [0.25, 0.3) is 17.1 Å². The number of methoxy groups -OCH3 is 1. The Morgan fingerprint density at radius 2 is 1.66 bits per heavy atom. The maximum absolute atomic E-state index is 14.1. The van der Waals surface area contributed by atoms with Gasteiger partial charge in [0.2, 0.25) is 0 Å². The molecule has 0 N–H and O–H groups in total. The molecule has 0 bridgehead atoms. The van der Waals surface area contributed by atoms with Crippen LogP contribution in [0.3, 0.4) is 0 Å². The van der Waals surface area contributed by atoms with Crippen molar-refractivity contribution in [2.45, 2.75) is 17.8 Å².